The molecule has 1 unspecified atom stereocenters. The molecule has 0 aliphatic heterocycles. The zero-order valence-electron chi connectivity index (χ0n) is 16.9. The molecule has 4 aromatic rings. The Morgan fingerprint density at radius 1 is 1.20 bits per heavy atom. The Kier molecular flexibility index (Phi) is 4.66. The monoisotopic (exact) mass is 417 g/mol. The van der Waals surface area contributed by atoms with Gasteiger partial charge in [-0.3, -0.25) is 14.2 Å². The van der Waals surface area contributed by atoms with Crippen molar-refractivity contribution >= 4 is 38.2 Å². The number of hydrogen-bond donors (Lipinski definition) is 1. The highest BCUT2D eigenvalue weighted by molar-refractivity contribution is 7.18. The van der Waals surface area contributed by atoms with E-state index in [0.29, 0.717) is 24.1 Å². The van der Waals surface area contributed by atoms with E-state index in [9.17, 15) is 9.59 Å². The molecule has 0 fully saturated rings. The maximum absolute atomic E-state index is 13.7. The maximum Gasteiger partial charge on any atom is 0.263 e. The number of aryl methyl sites for hydroxylation is 2. The van der Waals surface area contributed by atoms with Gasteiger partial charge in [-0.2, -0.15) is 0 Å². The first-order valence-electron chi connectivity index (χ1n) is 10.4. The van der Waals surface area contributed by atoms with Crippen molar-refractivity contribution in [1.29, 1.82) is 0 Å². The van der Waals surface area contributed by atoms with E-state index in [-0.39, 0.29) is 5.56 Å². The summed E-state index contributed by atoms with van der Waals surface area (Å²) in [4.78, 5) is 32.9. The van der Waals surface area contributed by atoms with Crippen molar-refractivity contribution in [1.82, 2.24) is 9.55 Å². The number of amides is 1. The summed E-state index contributed by atoms with van der Waals surface area (Å²) in [6, 6.07) is 13.6. The second-order valence-corrected chi connectivity index (χ2v) is 8.97. The summed E-state index contributed by atoms with van der Waals surface area (Å²) in [5, 5.41) is 2.96. The van der Waals surface area contributed by atoms with Crippen molar-refractivity contribution < 1.29 is 4.79 Å². The summed E-state index contributed by atoms with van der Waals surface area (Å²) < 4.78 is 1.57. The van der Waals surface area contributed by atoms with Crippen molar-refractivity contribution in [2.24, 2.45) is 5.73 Å². The first-order chi connectivity index (χ1) is 14.6. The van der Waals surface area contributed by atoms with E-state index in [1.165, 1.54) is 4.88 Å². The quantitative estimate of drug-likeness (QED) is 0.530. The predicted molar refractivity (Wildman–Crippen MR) is 121 cm³/mol. The van der Waals surface area contributed by atoms with Crippen molar-refractivity contribution in [2.75, 3.05) is 0 Å². The average molecular weight is 418 g/mol. The fraction of sp³-hybridized carbons (Fsp3) is 0.292. The lowest BCUT2D eigenvalue weighted by atomic mass is 10.0. The van der Waals surface area contributed by atoms with E-state index in [1.807, 2.05) is 25.1 Å². The zero-order chi connectivity index (χ0) is 20.8. The number of primary amides is 1. The molecule has 0 saturated carbocycles. The van der Waals surface area contributed by atoms with Gasteiger partial charge in [0.15, 0.2) is 0 Å². The highest BCUT2D eigenvalue weighted by Crippen LogP contribution is 2.35. The lowest BCUT2D eigenvalue weighted by Gasteiger charge is -2.19. The van der Waals surface area contributed by atoms with Crippen LogP contribution in [0.3, 0.4) is 0 Å². The minimum atomic E-state index is -0.698. The minimum absolute atomic E-state index is 0.125. The molecular weight excluding hydrogens is 394 g/mol. The molecule has 5 nitrogen and oxygen atoms in total. The summed E-state index contributed by atoms with van der Waals surface area (Å²) in [6.07, 6.45) is 3.90. The molecule has 2 aromatic heterocycles. The highest BCUT2D eigenvalue weighted by Gasteiger charge is 2.27. The summed E-state index contributed by atoms with van der Waals surface area (Å²) in [5.74, 6) is 0.112. The van der Waals surface area contributed by atoms with E-state index < -0.39 is 11.9 Å². The van der Waals surface area contributed by atoms with E-state index in [1.54, 1.807) is 15.9 Å². The molecule has 5 rings (SSSR count). The molecule has 152 valence electrons. The topological polar surface area (TPSA) is 78.0 Å². The van der Waals surface area contributed by atoms with Crippen LogP contribution in [0.1, 0.15) is 47.6 Å². The van der Waals surface area contributed by atoms with Crippen LogP contribution in [0.2, 0.25) is 0 Å². The summed E-state index contributed by atoms with van der Waals surface area (Å²) in [5.41, 5.74) is 7.79. The first kappa shape index (κ1) is 19.0. The Bertz CT molecular complexity index is 1350. The van der Waals surface area contributed by atoms with Crippen LogP contribution in [0.4, 0.5) is 0 Å². The van der Waals surface area contributed by atoms with Gasteiger partial charge in [0.1, 0.15) is 16.7 Å². The minimum Gasteiger partial charge on any atom is -0.368 e. The number of nitrogens with two attached hydrogens (primary N) is 1. The number of benzene rings is 2. The molecule has 0 spiro atoms. The van der Waals surface area contributed by atoms with Gasteiger partial charge >= 0.3 is 0 Å². The number of fused-ring (bicyclic) bond motifs is 4. The van der Waals surface area contributed by atoms with Gasteiger partial charge in [-0.05, 0) is 47.6 Å². The van der Waals surface area contributed by atoms with Crippen LogP contribution in [0.15, 0.2) is 47.3 Å². The molecule has 1 aliphatic carbocycles. The third kappa shape index (κ3) is 2.94. The molecule has 0 radical (unpaired) electrons. The zero-order valence-corrected chi connectivity index (χ0v) is 17.7. The second-order valence-electron chi connectivity index (χ2n) is 7.88. The number of hydrogen-bond acceptors (Lipinski definition) is 4. The van der Waals surface area contributed by atoms with Gasteiger partial charge in [-0.15, -0.1) is 11.3 Å². The third-order valence-electron chi connectivity index (χ3n) is 6.10. The Morgan fingerprint density at radius 2 is 2.00 bits per heavy atom. The number of nitrogens with zero attached hydrogens (tertiary/aromatic N) is 2. The van der Waals surface area contributed by atoms with E-state index in [0.717, 1.165) is 46.0 Å². The van der Waals surface area contributed by atoms with Crippen LogP contribution < -0.4 is 11.3 Å². The summed E-state index contributed by atoms with van der Waals surface area (Å²) in [6.45, 7) is 1.88. The molecule has 1 aliphatic rings. The number of aromatic nitrogens is 2. The lowest BCUT2D eigenvalue weighted by Crippen LogP contribution is -2.36. The smallest absolute Gasteiger partial charge is 0.263 e. The maximum atomic E-state index is 13.7. The van der Waals surface area contributed by atoms with Crippen LogP contribution in [-0.2, 0) is 24.1 Å². The molecular formula is C24H23N3O2S. The Morgan fingerprint density at radius 3 is 2.80 bits per heavy atom. The average Bonchev–Trinajstić information content (AvgIpc) is 3.31. The predicted octanol–water partition coefficient (Wildman–Crippen LogP) is 4.13. The van der Waals surface area contributed by atoms with E-state index >= 15 is 0 Å². The number of carbonyl (C=O) groups excluding carboxylic acids is 1. The van der Waals surface area contributed by atoms with Gasteiger partial charge in [0, 0.05) is 11.3 Å². The fourth-order valence-electron chi connectivity index (χ4n) is 4.67. The van der Waals surface area contributed by atoms with Crippen molar-refractivity contribution in [2.45, 2.75) is 45.1 Å². The largest absolute Gasteiger partial charge is 0.368 e. The van der Waals surface area contributed by atoms with Crippen molar-refractivity contribution in [3.05, 3.63) is 74.6 Å². The van der Waals surface area contributed by atoms with Gasteiger partial charge in [0.05, 0.1) is 5.39 Å². The lowest BCUT2D eigenvalue weighted by molar-refractivity contribution is -0.121. The molecule has 2 heterocycles. The fourth-order valence-corrected chi connectivity index (χ4v) is 5.94. The normalized spacial score (nSPS) is 14.3. The van der Waals surface area contributed by atoms with Gasteiger partial charge < -0.3 is 5.73 Å². The third-order valence-corrected chi connectivity index (χ3v) is 7.29. The molecule has 1 amide bonds. The van der Waals surface area contributed by atoms with Crippen molar-refractivity contribution in [3.8, 4) is 0 Å². The molecule has 2 N–H and O–H groups in total. The number of carbonyl (C=O) groups is 1. The highest BCUT2D eigenvalue weighted by atomic mass is 32.1. The summed E-state index contributed by atoms with van der Waals surface area (Å²) >= 11 is 1.62. The standard InChI is InChI=1S/C24H23N3O2S/c1-2-18(22(25)28)27-20(13-15-9-5-8-14-7-3-4-10-16(14)15)26-23-21(24(27)29)17-11-6-12-19(17)30-23/h3-5,7-10,18H,2,6,11-13H2,1H3,(H2,25,28). The molecule has 1 atom stereocenters. The SMILES string of the molecule is CCC(C(N)=O)n1c(Cc2cccc3ccccc23)nc2sc3c(c2c1=O)CCC3. The van der Waals surface area contributed by atoms with Crippen LogP contribution >= 0.6 is 11.3 Å². The molecule has 2 aromatic carbocycles. The Balaban J connectivity index is 1.76. The van der Waals surface area contributed by atoms with Crippen LogP contribution in [0.25, 0.3) is 21.0 Å². The van der Waals surface area contributed by atoms with Gasteiger partial charge in [0.2, 0.25) is 5.91 Å². The van der Waals surface area contributed by atoms with E-state index in [2.05, 4.69) is 24.3 Å². The summed E-state index contributed by atoms with van der Waals surface area (Å²) in [7, 11) is 0. The van der Waals surface area contributed by atoms with Gasteiger partial charge in [-0.25, -0.2) is 4.98 Å². The molecule has 0 saturated heterocycles. The molecule has 6 heteroatoms. The van der Waals surface area contributed by atoms with Crippen LogP contribution in [0.5, 0.6) is 0 Å². The van der Waals surface area contributed by atoms with Gasteiger partial charge in [0.25, 0.3) is 5.56 Å². The number of rotatable bonds is 5. The Labute approximate surface area is 178 Å². The second kappa shape index (κ2) is 7.36. The first-order valence-corrected chi connectivity index (χ1v) is 11.2. The van der Waals surface area contributed by atoms with Crippen molar-refractivity contribution in [3.63, 3.8) is 0 Å². The molecule has 30 heavy (non-hydrogen) atoms. The molecule has 0 bridgehead atoms. The van der Waals surface area contributed by atoms with Crippen LogP contribution in [-0.4, -0.2) is 15.5 Å². The van der Waals surface area contributed by atoms with E-state index in [4.69, 9.17) is 10.7 Å². The van der Waals surface area contributed by atoms with Crippen LogP contribution in [0, 0.1) is 0 Å². The van der Waals surface area contributed by atoms with Gasteiger partial charge in [-0.1, -0.05) is 49.4 Å². The Hall–Kier alpha value is -2.99. The number of thiophene rings is 1.